The van der Waals surface area contributed by atoms with Gasteiger partial charge in [-0.3, -0.25) is 14.1 Å². The molecular weight excluding hydrogens is 440 g/mol. The summed E-state index contributed by atoms with van der Waals surface area (Å²) in [6.07, 6.45) is -7.00. The molecule has 1 rings (SSSR count). The van der Waals surface area contributed by atoms with Crippen molar-refractivity contribution in [1.29, 1.82) is 0 Å². The Bertz CT molecular complexity index is 666. The van der Waals surface area contributed by atoms with Crippen LogP contribution in [0.4, 0.5) is 0 Å². The van der Waals surface area contributed by atoms with Crippen LogP contribution in [0.25, 0.3) is 0 Å². The molecule has 182 valence electrons. The molecule has 0 unspecified atom stereocenters. The quantitative estimate of drug-likeness (QED) is 0.148. The molecule has 12 nitrogen and oxygen atoms in total. The highest BCUT2D eigenvalue weighted by Gasteiger charge is 2.45. The van der Waals surface area contributed by atoms with Gasteiger partial charge in [0.15, 0.2) is 12.4 Å². The number of hydrogen-bond donors (Lipinski definition) is 4. The van der Waals surface area contributed by atoms with Crippen molar-refractivity contribution in [1.82, 2.24) is 0 Å². The molecule has 1 heterocycles. The van der Waals surface area contributed by atoms with Gasteiger partial charge in [0, 0.05) is 12.8 Å². The van der Waals surface area contributed by atoms with Crippen molar-refractivity contribution in [3.63, 3.8) is 0 Å². The molecule has 1 saturated heterocycles. The van der Waals surface area contributed by atoms with Crippen molar-refractivity contribution in [2.75, 3.05) is 19.0 Å². The monoisotopic (exact) mass is 472 g/mol. The van der Waals surface area contributed by atoms with Crippen LogP contribution >= 0.6 is 0 Å². The molecule has 6 atom stereocenters. The fourth-order valence-electron chi connectivity index (χ4n) is 2.77. The van der Waals surface area contributed by atoms with Gasteiger partial charge in [-0.1, -0.05) is 26.7 Å². The van der Waals surface area contributed by atoms with Crippen molar-refractivity contribution in [2.45, 2.75) is 82.8 Å². The minimum Gasteiger partial charge on any atom is -0.462 e. The Morgan fingerprint density at radius 1 is 1.00 bits per heavy atom. The summed E-state index contributed by atoms with van der Waals surface area (Å²) in [7, 11) is -4.56. The Balaban J connectivity index is 2.75. The van der Waals surface area contributed by atoms with E-state index in [4.69, 9.17) is 23.5 Å². The lowest BCUT2D eigenvalue weighted by Crippen LogP contribution is -2.60. The van der Waals surface area contributed by atoms with Crippen LogP contribution in [0.2, 0.25) is 0 Å². The van der Waals surface area contributed by atoms with Crippen molar-refractivity contribution in [2.24, 2.45) is 0 Å². The third-order valence-electron chi connectivity index (χ3n) is 4.49. The number of aliphatic hydroxyl groups excluding tert-OH is 3. The summed E-state index contributed by atoms with van der Waals surface area (Å²) in [5.41, 5.74) is 0. The van der Waals surface area contributed by atoms with Crippen molar-refractivity contribution in [3.8, 4) is 0 Å². The minimum atomic E-state index is -4.56. The minimum absolute atomic E-state index is 0.101. The highest BCUT2D eigenvalue weighted by Crippen LogP contribution is 2.23. The zero-order valence-electron chi connectivity index (χ0n) is 17.6. The largest absolute Gasteiger partial charge is 0.462 e. The van der Waals surface area contributed by atoms with E-state index in [-0.39, 0.29) is 19.4 Å². The normalized spacial score (nSPS) is 27.5. The summed E-state index contributed by atoms with van der Waals surface area (Å²) >= 11 is 0. The average Bonchev–Trinajstić information content (AvgIpc) is 2.70. The van der Waals surface area contributed by atoms with Gasteiger partial charge in [-0.25, -0.2) is 0 Å². The van der Waals surface area contributed by atoms with E-state index in [1.165, 1.54) is 0 Å². The SMILES string of the molecule is CCCCCC(=O)O[C@H](COC(=O)CC)CO[C@@H]1O[C@H](CS(=O)(=O)O)[C@@H](O)[C@H](O)[C@H]1O. The van der Waals surface area contributed by atoms with Crippen LogP contribution in [0.1, 0.15) is 46.0 Å². The van der Waals surface area contributed by atoms with Gasteiger partial charge in [0.2, 0.25) is 0 Å². The lowest BCUT2D eigenvalue weighted by molar-refractivity contribution is -0.297. The van der Waals surface area contributed by atoms with Gasteiger partial charge in [0.25, 0.3) is 10.1 Å². The van der Waals surface area contributed by atoms with Crippen LogP contribution in [0.5, 0.6) is 0 Å². The number of aliphatic hydroxyl groups is 3. The Kier molecular flexibility index (Phi) is 11.8. The number of unbranched alkanes of at least 4 members (excludes halogenated alkanes) is 2. The first-order valence-corrected chi connectivity index (χ1v) is 11.7. The number of esters is 2. The van der Waals surface area contributed by atoms with Gasteiger partial charge in [-0.2, -0.15) is 8.42 Å². The van der Waals surface area contributed by atoms with Crippen molar-refractivity contribution < 1.29 is 56.8 Å². The van der Waals surface area contributed by atoms with E-state index in [9.17, 15) is 33.3 Å². The number of hydrogen-bond acceptors (Lipinski definition) is 11. The van der Waals surface area contributed by atoms with E-state index < -0.39 is 71.2 Å². The molecule has 1 aliphatic heterocycles. The van der Waals surface area contributed by atoms with Crippen LogP contribution in [0, 0.1) is 0 Å². The first-order valence-electron chi connectivity index (χ1n) is 10.1. The number of rotatable bonds is 13. The third-order valence-corrected chi connectivity index (χ3v) is 5.24. The van der Waals surface area contributed by atoms with Crippen LogP contribution in [0.15, 0.2) is 0 Å². The zero-order chi connectivity index (χ0) is 23.6. The summed E-state index contributed by atoms with van der Waals surface area (Å²) in [5, 5.41) is 29.9. The van der Waals surface area contributed by atoms with E-state index in [1.54, 1.807) is 6.92 Å². The molecule has 0 saturated carbocycles. The molecule has 4 N–H and O–H groups in total. The van der Waals surface area contributed by atoms with E-state index in [0.717, 1.165) is 12.8 Å². The molecule has 0 aromatic heterocycles. The van der Waals surface area contributed by atoms with Crippen LogP contribution in [-0.2, 0) is 38.7 Å². The van der Waals surface area contributed by atoms with E-state index in [1.807, 2.05) is 6.92 Å². The summed E-state index contributed by atoms with van der Waals surface area (Å²) in [6.45, 7) is 2.81. The Hall–Kier alpha value is -1.35. The highest BCUT2D eigenvalue weighted by molar-refractivity contribution is 7.85. The zero-order valence-corrected chi connectivity index (χ0v) is 18.4. The third kappa shape index (κ3) is 10.2. The second-order valence-corrected chi connectivity index (χ2v) is 8.70. The second kappa shape index (κ2) is 13.3. The number of carbonyl (C=O) groups excluding carboxylic acids is 2. The second-order valence-electron chi connectivity index (χ2n) is 7.20. The Morgan fingerprint density at radius 2 is 1.68 bits per heavy atom. The maximum Gasteiger partial charge on any atom is 0.306 e. The maximum atomic E-state index is 12.0. The van der Waals surface area contributed by atoms with Crippen LogP contribution in [-0.4, -0.2) is 96.0 Å². The van der Waals surface area contributed by atoms with Gasteiger partial charge >= 0.3 is 11.9 Å². The maximum absolute atomic E-state index is 12.0. The molecule has 1 fully saturated rings. The lowest BCUT2D eigenvalue weighted by atomic mass is 10.00. The number of carbonyl (C=O) groups is 2. The summed E-state index contributed by atoms with van der Waals surface area (Å²) in [6, 6.07) is 0. The summed E-state index contributed by atoms with van der Waals surface area (Å²) < 4.78 is 51.9. The van der Waals surface area contributed by atoms with Gasteiger partial charge in [-0.15, -0.1) is 0 Å². The summed E-state index contributed by atoms with van der Waals surface area (Å²) in [4.78, 5) is 23.4. The molecule has 0 spiro atoms. The Labute approximate surface area is 181 Å². The van der Waals surface area contributed by atoms with Crippen molar-refractivity contribution >= 4 is 22.1 Å². The highest BCUT2D eigenvalue weighted by atomic mass is 32.2. The van der Waals surface area contributed by atoms with Crippen LogP contribution in [0.3, 0.4) is 0 Å². The van der Waals surface area contributed by atoms with Crippen LogP contribution < -0.4 is 0 Å². The average molecular weight is 473 g/mol. The van der Waals surface area contributed by atoms with E-state index in [2.05, 4.69) is 0 Å². The molecule has 13 heteroatoms. The molecule has 0 bridgehead atoms. The number of ether oxygens (including phenoxy) is 4. The van der Waals surface area contributed by atoms with Gasteiger partial charge in [0.1, 0.15) is 36.8 Å². The standard InChI is InChI=1S/C18H32O12S/c1-3-5-6-7-14(20)29-11(8-27-13(19)4-2)9-28-18-17(23)16(22)15(21)12(30-18)10-31(24,25)26/h11-12,15-18,21-23H,3-10H2,1-2H3,(H,24,25,26)/t11-,12-,15-,16+,17-,18-/m1/s1. The molecular formula is C18H32O12S. The predicted molar refractivity (Wildman–Crippen MR) is 104 cm³/mol. The predicted octanol–water partition coefficient (Wildman–Crippen LogP) is -0.856. The molecule has 0 aromatic carbocycles. The first kappa shape index (κ1) is 27.7. The molecule has 0 amide bonds. The molecule has 0 aromatic rings. The Morgan fingerprint density at radius 3 is 2.26 bits per heavy atom. The topological polar surface area (TPSA) is 186 Å². The lowest BCUT2D eigenvalue weighted by Gasteiger charge is -2.40. The van der Waals surface area contributed by atoms with Crippen molar-refractivity contribution in [3.05, 3.63) is 0 Å². The molecule has 0 aliphatic carbocycles. The molecule has 0 radical (unpaired) electrons. The fraction of sp³-hybridized carbons (Fsp3) is 0.889. The molecule has 1 aliphatic rings. The van der Waals surface area contributed by atoms with Gasteiger partial charge < -0.3 is 34.3 Å². The summed E-state index contributed by atoms with van der Waals surface area (Å²) in [5.74, 6) is -2.12. The van der Waals surface area contributed by atoms with Gasteiger partial charge in [-0.05, 0) is 6.42 Å². The first-order chi connectivity index (χ1) is 14.5. The van der Waals surface area contributed by atoms with E-state index in [0.29, 0.717) is 6.42 Å². The molecule has 31 heavy (non-hydrogen) atoms. The fourth-order valence-corrected chi connectivity index (χ4v) is 3.46. The smallest absolute Gasteiger partial charge is 0.306 e. The van der Waals surface area contributed by atoms with Gasteiger partial charge in [0.05, 0.1) is 6.61 Å². The van der Waals surface area contributed by atoms with E-state index >= 15 is 0 Å².